The van der Waals surface area contributed by atoms with E-state index in [0.29, 0.717) is 6.54 Å². The van der Waals surface area contributed by atoms with Crippen molar-refractivity contribution in [3.05, 3.63) is 70.1 Å². The van der Waals surface area contributed by atoms with Crippen LogP contribution in [0.1, 0.15) is 22.7 Å². The van der Waals surface area contributed by atoms with Crippen molar-refractivity contribution in [1.29, 1.82) is 0 Å². The first-order valence-corrected chi connectivity index (χ1v) is 9.97. The van der Waals surface area contributed by atoms with E-state index in [2.05, 4.69) is 60.9 Å². The van der Waals surface area contributed by atoms with Crippen LogP contribution in [0.25, 0.3) is 0 Å². The molecule has 0 radical (unpaired) electrons. The summed E-state index contributed by atoms with van der Waals surface area (Å²) in [6.45, 7) is 2.07. The van der Waals surface area contributed by atoms with Gasteiger partial charge in [0.25, 0.3) is 0 Å². The Balaban J connectivity index is 1.43. The Morgan fingerprint density at radius 1 is 1.18 bits per heavy atom. The highest BCUT2D eigenvalue weighted by atomic mass is 32.1. The van der Waals surface area contributed by atoms with Crippen molar-refractivity contribution < 1.29 is 14.1 Å². The van der Waals surface area contributed by atoms with Gasteiger partial charge < -0.3 is 9.84 Å². The fourth-order valence-corrected chi connectivity index (χ4v) is 4.13. The molecule has 1 aromatic carbocycles. The maximum absolute atomic E-state index is 12.2. The lowest BCUT2D eigenvalue weighted by Crippen LogP contribution is -2.43. The second kappa shape index (κ2) is 8.37. The molecule has 28 heavy (non-hydrogen) atoms. The zero-order valence-electron chi connectivity index (χ0n) is 15.1. The number of nitrogens with zero attached hydrogens (tertiary/aromatic N) is 2. The summed E-state index contributed by atoms with van der Waals surface area (Å²) in [7, 11) is 0. The van der Waals surface area contributed by atoms with Crippen LogP contribution in [0.5, 0.6) is 0 Å². The van der Waals surface area contributed by atoms with Crippen molar-refractivity contribution in [3.8, 4) is 0 Å². The highest BCUT2D eigenvalue weighted by Crippen LogP contribution is 2.28. The molecule has 7 nitrogen and oxygen atoms in total. The van der Waals surface area contributed by atoms with E-state index in [1.165, 1.54) is 23.5 Å². The van der Waals surface area contributed by atoms with E-state index in [1.54, 1.807) is 11.3 Å². The summed E-state index contributed by atoms with van der Waals surface area (Å²) in [6.07, 6.45) is 2.30. The Morgan fingerprint density at radius 2 is 2.04 bits per heavy atom. The first-order valence-electron chi connectivity index (χ1n) is 9.03. The second-order valence-electron chi connectivity index (χ2n) is 6.61. The van der Waals surface area contributed by atoms with Crippen LogP contribution in [0, 0.1) is 0 Å². The van der Waals surface area contributed by atoms with E-state index in [9.17, 15) is 9.59 Å². The Hall–Kier alpha value is -2.97. The number of hydrogen-bond acceptors (Lipinski definition) is 6. The molecule has 8 heteroatoms. The summed E-state index contributed by atoms with van der Waals surface area (Å²) in [5.74, 6) is -1.25. The Kier molecular flexibility index (Phi) is 5.50. The van der Waals surface area contributed by atoms with Gasteiger partial charge in [-0.05, 0) is 39.9 Å². The topological polar surface area (TPSA) is 87.5 Å². The van der Waals surface area contributed by atoms with Crippen LogP contribution in [0.4, 0.5) is 5.82 Å². The van der Waals surface area contributed by atoms with Gasteiger partial charge in [0.15, 0.2) is 5.82 Å². The van der Waals surface area contributed by atoms with E-state index in [1.807, 2.05) is 5.38 Å². The minimum atomic E-state index is -0.762. The maximum Gasteiger partial charge on any atom is 0.314 e. The first kappa shape index (κ1) is 18.4. The highest BCUT2D eigenvalue weighted by molar-refractivity contribution is 7.08. The maximum atomic E-state index is 12.2. The first-order chi connectivity index (χ1) is 13.7. The molecule has 1 aliphatic heterocycles. The number of fused-ring (bicyclic) bond motifs is 1. The van der Waals surface area contributed by atoms with Gasteiger partial charge in [0.1, 0.15) is 6.26 Å². The van der Waals surface area contributed by atoms with Crippen molar-refractivity contribution in [1.82, 2.24) is 15.4 Å². The molecule has 0 saturated heterocycles. The van der Waals surface area contributed by atoms with Gasteiger partial charge in [-0.15, -0.1) is 0 Å². The van der Waals surface area contributed by atoms with E-state index >= 15 is 0 Å². The molecule has 0 fully saturated rings. The fraction of sp³-hybridized carbons (Fsp3) is 0.250. The van der Waals surface area contributed by atoms with E-state index in [4.69, 9.17) is 0 Å². The van der Waals surface area contributed by atoms with E-state index < -0.39 is 11.8 Å². The van der Waals surface area contributed by atoms with Crippen LogP contribution >= 0.6 is 11.3 Å². The summed E-state index contributed by atoms with van der Waals surface area (Å²) in [6, 6.07) is 12.0. The average molecular weight is 396 g/mol. The van der Waals surface area contributed by atoms with E-state index in [-0.39, 0.29) is 11.9 Å². The van der Waals surface area contributed by atoms with Gasteiger partial charge in [0.2, 0.25) is 0 Å². The van der Waals surface area contributed by atoms with Gasteiger partial charge in [0, 0.05) is 25.7 Å². The molecule has 2 aromatic heterocycles. The molecule has 0 spiro atoms. The van der Waals surface area contributed by atoms with Gasteiger partial charge in [-0.1, -0.05) is 29.4 Å². The molecule has 3 heterocycles. The van der Waals surface area contributed by atoms with Crippen LogP contribution < -0.4 is 10.6 Å². The summed E-state index contributed by atoms with van der Waals surface area (Å²) in [5, 5.41) is 12.9. The normalized spacial score (nSPS) is 14.9. The number of carbonyl (C=O) groups is 2. The smallest absolute Gasteiger partial charge is 0.314 e. The monoisotopic (exact) mass is 396 g/mol. The van der Waals surface area contributed by atoms with E-state index in [0.717, 1.165) is 25.1 Å². The van der Waals surface area contributed by atoms with Crippen LogP contribution in [0.15, 0.2) is 57.9 Å². The number of carbonyl (C=O) groups excluding carboxylic acids is 2. The third-order valence-electron chi connectivity index (χ3n) is 4.87. The fourth-order valence-electron chi connectivity index (χ4n) is 3.43. The summed E-state index contributed by atoms with van der Waals surface area (Å²) >= 11 is 1.62. The van der Waals surface area contributed by atoms with Crippen molar-refractivity contribution in [2.24, 2.45) is 0 Å². The van der Waals surface area contributed by atoms with Crippen LogP contribution in [0.2, 0.25) is 0 Å². The van der Waals surface area contributed by atoms with Crippen LogP contribution in [-0.4, -0.2) is 35.0 Å². The molecule has 2 N–H and O–H groups in total. The van der Waals surface area contributed by atoms with Crippen LogP contribution in [-0.2, 0) is 22.6 Å². The molecule has 0 unspecified atom stereocenters. The Labute approximate surface area is 166 Å². The van der Waals surface area contributed by atoms with Gasteiger partial charge in [0.05, 0.1) is 6.04 Å². The van der Waals surface area contributed by atoms with Crippen molar-refractivity contribution >= 4 is 29.0 Å². The quantitative estimate of drug-likeness (QED) is 0.648. The Morgan fingerprint density at radius 3 is 2.79 bits per heavy atom. The molecule has 0 aliphatic carbocycles. The number of rotatable bonds is 5. The minimum absolute atomic E-state index is 0.00315. The lowest BCUT2D eigenvalue weighted by atomic mass is 9.97. The lowest BCUT2D eigenvalue weighted by molar-refractivity contribution is -0.136. The zero-order valence-corrected chi connectivity index (χ0v) is 15.9. The molecule has 3 aromatic rings. The predicted molar refractivity (Wildman–Crippen MR) is 106 cm³/mol. The number of benzene rings is 1. The third kappa shape index (κ3) is 4.13. The SMILES string of the molecule is O=C(NC[C@@H](c1ccsc1)N1CCc2ccccc2C1)C(=O)Nc1ccon1. The largest absolute Gasteiger partial charge is 0.363 e. The standard InChI is InChI=1S/C20H20N4O3S/c25-19(20(26)22-18-6-9-27-23-18)21-11-17(16-7-10-28-13-16)24-8-5-14-3-1-2-4-15(14)12-24/h1-4,6-7,9-10,13,17H,5,8,11-12H2,(H,21,25)(H,22,23,26)/t17-/m0/s1. The lowest BCUT2D eigenvalue weighted by Gasteiger charge is -2.35. The van der Waals surface area contributed by atoms with Gasteiger partial charge >= 0.3 is 11.8 Å². The number of anilines is 1. The number of thiophene rings is 1. The molecule has 1 atom stereocenters. The number of amides is 2. The van der Waals surface area contributed by atoms with Crippen molar-refractivity contribution in [2.45, 2.75) is 19.0 Å². The zero-order chi connectivity index (χ0) is 19.3. The Bertz CT molecular complexity index is 940. The molecule has 4 rings (SSSR count). The summed E-state index contributed by atoms with van der Waals surface area (Å²) < 4.78 is 4.65. The second-order valence-corrected chi connectivity index (χ2v) is 7.39. The van der Waals surface area contributed by atoms with Crippen LogP contribution in [0.3, 0.4) is 0 Å². The average Bonchev–Trinajstić information content (AvgIpc) is 3.42. The molecule has 2 amide bonds. The highest BCUT2D eigenvalue weighted by Gasteiger charge is 2.26. The molecule has 0 saturated carbocycles. The van der Waals surface area contributed by atoms with Gasteiger partial charge in [-0.3, -0.25) is 19.8 Å². The van der Waals surface area contributed by atoms with Crippen molar-refractivity contribution in [2.75, 3.05) is 18.4 Å². The van der Waals surface area contributed by atoms with Gasteiger partial charge in [-0.2, -0.15) is 11.3 Å². The molecular formula is C20H20N4O3S. The third-order valence-corrected chi connectivity index (χ3v) is 5.57. The molecule has 1 aliphatic rings. The number of hydrogen-bond donors (Lipinski definition) is 2. The number of aromatic nitrogens is 1. The molecule has 144 valence electrons. The molecular weight excluding hydrogens is 376 g/mol. The summed E-state index contributed by atoms with van der Waals surface area (Å²) in [5.41, 5.74) is 3.82. The molecule has 0 bridgehead atoms. The summed E-state index contributed by atoms with van der Waals surface area (Å²) in [4.78, 5) is 26.6. The van der Waals surface area contributed by atoms with Crippen molar-refractivity contribution in [3.63, 3.8) is 0 Å². The number of nitrogens with one attached hydrogen (secondary N) is 2. The minimum Gasteiger partial charge on any atom is -0.363 e. The predicted octanol–water partition coefficient (Wildman–Crippen LogP) is 2.59. The van der Waals surface area contributed by atoms with Gasteiger partial charge in [-0.25, -0.2) is 0 Å².